The minimum atomic E-state index is 0.0644. The van der Waals surface area contributed by atoms with Gasteiger partial charge < -0.3 is 15.2 Å². The van der Waals surface area contributed by atoms with E-state index in [2.05, 4.69) is 10.4 Å². The smallest absolute Gasteiger partial charge is 0.461 e. The van der Waals surface area contributed by atoms with Crippen LogP contribution in [-0.2, 0) is 0 Å². The monoisotopic (exact) mass is 290 g/mol. The fraction of sp³-hybridized carbons (Fsp3) is 0.500. The molecule has 1 saturated carbocycles. The lowest BCUT2D eigenvalue weighted by Gasteiger charge is -2.20. The molecule has 1 aromatic heterocycles. The Kier molecular flexibility index (Phi) is 3.64. The van der Waals surface area contributed by atoms with Crippen LogP contribution in [0.25, 0.3) is 11.0 Å². The summed E-state index contributed by atoms with van der Waals surface area (Å²) in [6.45, 7) is 0. The van der Waals surface area contributed by atoms with Crippen LogP contribution in [0, 0.1) is 10.4 Å². The van der Waals surface area contributed by atoms with Crippen molar-refractivity contribution >= 4 is 17.0 Å². The van der Waals surface area contributed by atoms with Crippen molar-refractivity contribution in [1.82, 2.24) is 5.10 Å². The third-order valence-corrected chi connectivity index (χ3v) is 3.92. The predicted octanol–water partition coefficient (Wildman–Crippen LogP) is 1.25. The average Bonchev–Trinajstić information content (AvgIpc) is 2.53. The molecule has 1 aromatic carbocycles. The molecular formula is C14H18N4O3. The Hall–Kier alpha value is -2.31. The quantitative estimate of drug-likeness (QED) is 0.679. The van der Waals surface area contributed by atoms with Crippen molar-refractivity contribution in [3.63, 3.8) is 0 Å². The maximum absolute atomic E-state index is 12.4. The predicted molar refractivity (Wildman–Crippen MR) is 76.7 cm³/mol. The van der Waals surface area contributed by atoms with E-state index in [4.69, 9.17) is 4.74 Å². The zero-order valence-electron chi connectivity index (χ0n) is 11.9. The molecule has 0 atom stereocenters. The van der Waals surface area contributed by atoms with Gasteiger partial charge in [-0.05, 0) is 25.0 Å². The van der Waals surface area contributed by atoms with Gasteiger partial charge in [0.05, 0.1) is 19.2 Å². The molecule has 2 aromatic rings. The van der Waals surface area contributed by atoms with Crippen LogP contribution in [0.4, 0.5) is 5.95 Å². The van der Waals surface area contributed by atoms with E-state index in [0.29, 0.717) is 15.3 Å². The molecule has 1 aliphatic carbocycles. The fourth-order valence-corrected chi connectivity index (χ4v) is 2.77. The number of fused-ring (bicyclic) bond motifs is 1. The largest absolute Gasteiger partial charge is 0.739 e. The third kappa shape index (κ3) is 2.63. The molecular weight excluding hydrogens is 272 g/mol. The molecule has 112 valence electrons. The third-order valence-electron chi connectivity index (χ3n) is 3.92. The van der Waals surface area contributed by atoms with Crippen molar-refractivity contribution in [3.8, 4) is 5.75 Å². The summed E-state index contributed by atoms with van der Waals surface area (Å²) < 4.78 is 5.74. The van der Waals surface area contributed by atoms with E-state index < -0.39 is 0 Å². The van der Waals surface area contributed by atoms with Crippen LogP contribution in [0.15, 0.2) is 18.2 Å². The van der Waals surface area contributed by atoms with Crippen LogP contribution in [0.3, 0.4) is 0 Å². The molecule has 1 fully saturated rings. The number of aromatic nitrogens is 3. The van der Waals surface area contributed by atoms with Gasteiger partial charge in [-0.3, -0.25) is 5.32 Å². The minimum Gasteiger partial charge on any atom is -0.739 e. The number of anilines is 1. The molecule has 0 unspecified atom stereocenters. The van der Waals surface area contributed by atoms with Crippen molar-refractivity contribution in [2.75, 3.05) is 12.4 Å². The van der Waals surface area contributed by atoms with Gasteiger partial charge in [0, 0.05) is 4.85 Å². The molecule has 0 spiro atoms. The zero-order chi connectivity index (χ0) is 14.8. The summed E-state index contributed by atoms with van der Waals surface area (Å²) in [7, 11) is 1.51. The van der Waals surface area contributed by atoms with E-state index in [1.807, 2.05) is 0 Å². The van der Waals surface area contributed by atoms with E-state index in [1.54, 1.807) is 12.1 Å². The first-order chi connectivity index (χ1) is 10.2. The summed E-state index contributed by atoms with van der Waals surface area (Å²) in [6, 6.07) is 4.94. The van der Waals surface area contributed by atoms with Crippen LogP contribution < -0.4 is 19.6 Å². The number of rotatable bonds is 3. The molecule has 0 amide bonds. The van der Waals surface area contributed by atoms with Crippen molar-refractivity contribution in [3.05, 3.63) is 28.6 Å². The molecule has 7 heteroatoms. The highest BCUT2D eigenvalue weighted by Crippen LogP contribution is 2.20. The van der Waals surface area contributed by atoms with Gasteiger partial charge in [-0.2, -0.15) is 0 Å². The number of nitrogens with zero attached hydrogens (tertiary/aromatic N) is 3. The summed E-state index contributed by atoms with van der Waals surface area (Å²) in [5.74, 6) is 0.580. The molecule has 1 aliphatic rings. The number of hydrogen-bond donors (Lipinski definition) is 1. The lowest BCUT2D eigenvalue weighted by atomic mass is 9.96. The Morgan fingerprint density at radius 1 is 1.19 bits per heavy atom. The standard InChI is InChI=1S/C14H18N4O3/c1-21-11-7-8-12-13(9-11)18(20)16-14(17(12)19)15-10-5-3-2-4-6-10/h7-10H,2-6H2,1H3,(H,15,16). The maximum Gasteiger partial charge on any atom is 0.461 e. The van der Waals surface area contributed by atoms with Crippen LogP contribution in [0.2, 0.25) is 0 Å². The van der Waals surface area contributed by atoms with Gasteiger partial charge in [0.15, 0.2) is 5.52 Å². The highest BCUT2D eigenvalue weighted by atomic mass is 16.5. The normalized spacial score (nSPS) is 16.0. The van der Waals surface area contributed by atoms with Crippen molar-refractivity contribution < 1.29 is 14.3 Å². The van der Waals surface area contributed by atoms with E-state index in [0.717, 1.165) is 25.7 Å². The number of ether oxygens (including phenoxy) is 1. The summed E-state index contributed by atoms with van der Waals surface area (Å²) in [5, 5.41) is 31.3. The number of nitrogens with one attached hydrogen (secondary N) is 1. The molecule has 0 saturated heterocycles. The van der Waals surface area contributed by atoms with Gasteiger partial charge in [0.2, 0.25) is 5.10 Å². The van der Waals surface area contributed by atoms with Crippen molar-refractivity contribution in [2.45, 2.75) is 38.1 Å². The van der Waals surface area contributed by atoms with Crippen molar-refractivity contribution in [1.29, 1.82) is 0 Å². The maximum atomic E-state index is 12.4. The molecule has 1 heterocycles. The first kappa shape index (κ1) is 13.7. The SMILES string of the molecule is COc1ccc2c(c1)[n+]([O-])nc(NC1CCCCC1)[n+]2[O-]. The Morgan fingerprint density at radius 2 is 1.95 bits per heavy atom. The van der Waals surface area contributed by atoms with Gasteiger partial charge >= 0.3 is 11.5 Å². The molecule has 1 N–H and O–H groups in total. The summed E-state index contributed by atoms with van der Waals surface area (Å²) in [5.41, 5.74) is 0.470. The molecule has 3 rings (SSSR count). The van der Waals surface area contributed by atoms with Gasteiger partial charge in [-0.1, -0.05) is 19.3 Å². The van der Waals surface area contributed by atoms with Crippen LogP contribution >= 0.6 is 0 Å². The fourth-order valence-electron chi connectivity index (χ4n) is 2.77. The molecule has 7 nitrogen and oxygen atoms in total. The van der Waals surface area contributed by atoms with Gasteiger partial charge in [0.25, 0.3) is 0 Å². The highest BCUT2D eigenvalue weighted by Gasteiger charge is 2.25. The Balaban J connectivity index is 1.98. The first-order valence-corrected chi connectivity index (χ1v) is 7.17. The Morgan fingerprint density at radius 3 is 2.67 bits per heavy atom. The number of hydrogen-bond acceptors (Lipinski definition) is 5. The minimum absolute atomic E-state index is 0.0644. The number of benzene rings is 1. The topological polar surface area (TPSA) is 88.0 Å². The average molecular weight is 290 g/mol. The van der Waals surface area contributed by atoms with E-state index in [-0.39, 0.29) is 23.0 Å². The lowest BCUT2D eigenvalue weighted by molar-refractivity contribution is -0.672. The first-order valence-electron chi connectivity index (χ1n) is 7.17. The molecule has 0 bridgehead atoms. The summed E-state index contributed by atoms with van der Waals surface area (Å²) in [6.07, 6.45) is 5.50. The van der Waals surface area contributed by atoms with Crippen LogP contribution in [-0.4, -0.2) is 18.3 Å². The molecule has 0 aliphatic heterocycles. The second kappa shape index (κ2) is 5.59. The van der Waals surface area contributed by atoms with E-state index in [1.165, 1.54) is 19.6 Å². The molecule has 21 heavy (non-hydrogen) atoms. The zero-order valence-corrected chi connectivity index (χ0v) is 11.9. The van der Waals surface area contributed by atoms with Crippen molar-refractivity contribution in [2.24, 2.45) is 0 Å². The highest BCUT2D eigenvalue weighted by molar-refractivity contribution is 5.70. The Labute approximate surface area is 122 Å². The molecule has 0 radical (unpaired) electrons. The second-order valence-corrected chi connectivity index (χ2v) is 5.32. The summed E-state index contributed by atoms with van der Waals surface area (Å²) >= 11 is 0. The second-order valence-electron chi connectivity index (χ2n) is 5.32. The Bertz CT molecular complexity index is 656. The van der Waals surface area contributed by atoms with Gasteiger partial charge in [-0.15, -0.1) is 0 Å². The van der Waals surface area contributed by atoms with Crippen LogP contribution in [0.5, 0.6) is 5.75 Å². The summed E-state index contributed by atoms with van der Waals surface area (Å²) in [4.78, 5) is 0.470. The van der Waals surface area contributed by atoms with E-state index in [9.17, 15) is 10.4 Å². The van der Waals surface area contributed by atoms with Gasteiger partial charge in [-0.25, -0.2) is 4.73 Å². The van der Waals surface area contributed by atoms with E-state index >= 15 is 0 Å². The van der Waals surface area contributed by atoms with Crippen LogP contribution in [0.1, 0.15) is 32.1 Å². The number of methoxy groups -OCH3 is 1. The van der Waals surface area contributed by atoms with Gasteiger partial charge in [0.1, 0.15) is 5.75 Å². The lowest BCUT2D eigenvalue weighted by Crippen LogP contribution is -2.45.